The van der Waals surface area contributed by atoms with Gasteiger partial charge in [-0.05, 0) is 51.4 Å². The summed E-state index contributed by atoms with van der Waals surface area (Å²) >= 11 is 0. The minimum absolute atomic E-state index is 0.361. The normalized spacial score (nSPS) is 42.5. The van der Waals surface area contributed by atoms with E-state index >= 15 is 0 Å². The molecule has 0 bridgehead atoms. The van der Waals surface area contributed by atoms with E-state index in [0.717, 1.165) is 25.0 Å². The fourth-order valence-electron chi connectivity index (χ4n) is 4.09. The van der Waals surface area contributed by atoms with Crippen LogP contribution in [0.3, 0.4) is 0 Å². The van der Waals surface area contributed by atoms with Crippen molar-refractivity contribution in [2.75, 3.05) is 26.3 Å². The summed E-state index contributed by atoms with van der Waals surface area (Å²) in [5, 5.41) is 3.86. The first kappa shape index (κ1) is 13.8. The molecular weight excluding hydrogens is 236 g/mol. The quantitative estimate of drug-likeness (QED) is 0.845. The number of rotatable bonds is 4. The summed E-state index contributed by atoms with van der Waals surface area (Å²) in [4.78, 5) is 2.80. The standard InChI is InChI=1S/C16H30N2O/c1-4-15-9-17-16(3,14-5-6-14)11-18(15)12(2)13-7-8-19-10-13/h12-15,17H,4-11H2,1-3H3. The summed E-state index contributed by atoms with van der Waals surface area (Å²) in [6, 6.07) is 1.38. The first-order valence-corrected chi connectivity index (χ1v) is 8.22. The molecule has 110 valence electrons. The zero-order valence-corrected chi connectivity index (χ0v) is 12.8. The summed E-state index contributed by atoms with van der Waals surface area (Å²) < 4.78 is 5.61. The van der Waals surface area contributed by atoms with E-state index in [0.29, 0.717) is 17.6 Å². The third-order valence-corrected chi connectivity index (χ3v) is 5.84. The van der Waals surface area contributed by atoms with Crippen molar-refractivity contribution in [3.8, 4) is 0 Å². The molecule has 3 aliphatic rings. The number of nitrogens with zero attached hydrogens (tertiary/aromatic N) is 1. The second kappa shape index (κ2) is 5.34. The van der Waals surface area contributed by atoms with Gasteiger partial charge < -0.3 is 10.1 Å². The number of nitrogens with one attached hydrogen (secondary N) is 1. The van der Waals surface area contributed by atoms with Crippen LogP contribution in [-0.2, 0) is 4.74 Å². The van der Waals surface area contributed by atoms with E-state index in [4.69, 9.17) is 4.74 Å². The van der Waals surface area contributed by atoms with Crippen LogP contribution in [0.4, 0.5) is 0 Å². The summed E-state index contributed by atoms with van der Waals surface area (Å²) in [6.07, 6.45) is 5.36. The van der Waals surface area contributed by atoms with E-state index < -0.39 is 0 Å². The Kier molecular flexibility index (Phi) is 3.89. The van der Waals surface area contributed by atoms with Crippen molar-refractivity contribution in [3.63, 3.8) is 0 Å². The monoisotopic (exact) mass is 266 g/mol. The van der Waals surface area contributed by atoms with Crippen LogP contribution in [-0.4, -0.2) is 48.8 Å². The Labute approximate surface area is 118 Å². The number of piperazine rings is 1. The zero-order chi connectivity index (χ0) is 13.5. The van der Waals surface area contributed by atoms with Crippen molar-refractivity contribution in [1.82, 2.24) is 10.2 Å². The molecule has 0 aromatic heterocycles. The second-order valence-electron chi connectivity index (χ2n) is 7.17. The van der Waals surface area contributed by atoms with Gasteiger partial charge in [-0.25, -0.2) is 0 Å². The highest BCUT2D eigenvalue weighted by molar-refractivity contribution is 5.05. The van der Waals surface area contributed by atoms with Gasteiger partial charge in [-0.15, -0.1) is 0 Å². The summed E-state index contributed by atoms with van der Waals surface area (Å²) in [5.41, 5.74) is 0.361. The molecule has 19 heavy (non-hydrogen) atoms. The maximum absolute atomic E-state index is 5.61. The lowest BCUT2D eigenvalue weighted by atomic mass is 9.87. The topological polar surface area (TPSA) is 24.5 Å². The van der Waals surface area contributed by atoms with Gasteiger partial charge in [0.1, 0.15) is 0 Å². The van der Waals surface area contributed by atoms with E-state index in [9.17, 15) is 0 Å². The van der Waals surface area contributed by atoms with Gasteiger partial charge in [0.2, 0.25) is 0 Å². The average molecular weight is 266 g/mol. The molecule has 3 heteroatoms. The highest BCUT2D eigenvalue weighted by atomic mass is 16.5. The predicted molar refractivity (Wildman–Crippen MR) is 78.3 cm³/mol. The van der Waals surface area contributed by atoms with Crippen LogP contribution in [0, 0.1) is 11.8 Å². The molecule has 1 saturated carbocycles. The molecule has 4 atom stereocenters. The summed E-state index contributed by atoms with van der Waals surface area (Å²) in [5.74, 6) is 1.66. The van der Waals surface area contributed by atoms with E-state index in [-0.39, 0.29) is 0 Å². The highest BCUT2D eigenvalue weighted by Gasteiger charge is 2.47. The SMILES string of the molecule is CCC1CNC(C)(C2CC2)CN1C(C)C1CCOC1. The van der Waals surface area contributed by atoms with Gasteiger partial charge >= 0.3 is 0 Å². The fraction of sp³-hybridized carbons (Fsp3) is 1.00. The van der Waals surface area contributed by atoms with E-state index in [1.807, 2.05) is 0 Å². The molecule has 0 aromatic rings. The zero-order valence-electron chi connectivity index (χ0n) is 12.8. The molecule has 0 amide bonds. The predicted octanol–water partition coefficient (Wildman–Crippen LogP) is 2.26. The Morgan fingerprint density at radius 3 is 2.74 bits per heavy atom. The summed E-state index contributed by atoms with van der Waals surface area (Å²) in [7, 11) is 0. The van der Waals surface area contributed by atoms with Gasteiger partial charge in [0, 0.05) is 37.3 Å². The van der Waals surface area contributed by atoms with Gasteiger partial charge in [0.05, 0.1) is 6.61 Å². The third kappa shape index (κ3) is 2.70. The molecule has 3 nitrogen and oxygen atoms in total. The number of ether oxygens (including phenoxy) is 1. The van der Waals surface area contributed by atoms with Gasteiger partial charge in [-0.1, -0.05) is 6.92 Å². The number of hydrogen-bond acceptors (Lipinski definition) is 3. The van der Waals surface area contributed by atoms with Crippen LogP contribution in [0.1, 0.15) is 46.5 Å². The molecular formula is C16H30N2O. The lowest BCUT2D eigenvalue weighted by molar-refractivity contribution is 0.0188. The van der Waals surface area contributed by atoms with Crippen LogP contribution in [0.2, 0.25) is 0 Å². The molecule has 0 aromatic carbocycles. The van der Waals surface area contributed by atoms with Crippen LogP contribution in [0.5, 0.6) is 0 Å². The molecule has 1 N–H and O–H groups in total. The Morgan fingerprint density at radius 2 is 2.16 bits per heavy atom. The van der Waals surface area contributed by atoms with Gasteiger partial charge in [0.15, 0.2) is 0 Å². The largest absolute Gasteiger partial charge is 0.381 e. The van der Waals surface area contributed by atoms with Crippen LogP contribution in [0.25, 0.3) is 0 Å². The van der Waals surface area contributed by atoms with Crippen molar-refractivity contribution in [2.45, 2.75) is 64.1 Å². The lowest BCUT2D eigenvalue weighted by Crippen LogP contribution is -2.66. The second-order valence-corrected chi connectivity index (χ2v) is 7.17. The number of hydrogen-bond donors (Lipinski definition) is 1. The molecule has 2 aliphatic heterocycles. The first-order chi connectivity index (χ1) is 9.14. The Balaban J connectivity index is 1.70. The molecule has 0 spiro atoms. The molecule has 2 heterocycles. The lowest BCUT2D eigenvalue weighted by Gasteiger charge is -2.50. The smallest absolute Gasteiger partial charge is 0.0509 e. The molecule has 3 rings (SSSR count). The molecule has 2 saturated heterocycles. The minimum Gasteiger partial charge on any atom is -0.381 e. The van der Waals surface area contributed by atoms with Gasteiger partial charge in [0.25, 0.3) is 0 Å². The average Bonchev–Trinajstić information content (AvgIpc) is 3.15. The molecule has 0 radical (unpaired) electrons. The van der Waals surface area contributed by atoms with Crippen molar-refractivity contribution in [2.24, 2.45) is 11.8 Å². The van der Waals surface area contributed by atoms with E-state index in [2.05, 4.69) is 31.0 Å². The van der Waals surface area contributed by atoms with E-state index in [1.165, 1.54) is 38.8 Å². The van der Waals surface area contributed by atoms with Crippen molar-refractivity contribution in [3.05, 3.63) is 0 Å². The minimum atomic E-state index is 0.361. The fourth-order valence-corrected chi connectivity index (χ4v) is 4.09. The van der Waals surface area contributed by atoms with Gasteiger partial charge in [-0.3, -0.25) is 4.90 Å². The maximum atomic E-state index is 5.61. The molecule has 4 unspecified atom stereocenters. The summed E-state index contributed by atoms with van der Waals surface area (Å²) in [6.45, 7) is 11.5. The van der Waals surface area contributed by atoms with Crippen molar-refractivity contribution >= 4 is 0 Å². The third-order valence-electron chi connectivity index (χ3n) is 5.84. The van der Waals surface area contributed by atoms with Crippen molar-refractivity contribution in [1.29, 1.82) is 0 Å². The highest BCUT2D eigenvalue weighted by Crippen LogP contribution is 2.42. The van der Waals surface area contributed by atoms with Gasteiger partial charge in [-0.2, -0.15) is 0 Å². The Morgan fingerprint density at radius 1 is 1.37 bits per heavy atom. The first-order valence-electron chi connectivity index (χ1n) is 8.22. The maximum Gasteiger partial charge on any atom is 0.0509 e. The molecule has 3 fully saturated rings. The van der Waals surface area contributed by atoms with E-state index in [1.54, 1.807) is 0 Å². The van der Waals surface area contributed by atoms with Crippen LogP contribution < -0.4 is 5.32 Å². The Hall–Kier alpha value is -0.120. The van der Waals surface area contributed by atoms with Crippen molar-refractivity contribution < 1.29 is 4.74 Å². The Bertz CT molecular complexity index is 312. The van der Waals surface area contributed by atoms with Crippen LogP contribution >= 0.6 is 0 Å². The van der Waals surface area contributed by atoms with Crippen LogP contribution in [0.15, 0.2) is 0 Å². The molecule has 1 aliphatic carbocycles.